The van der Waals surface area contributed by atoms with Crippen molar-refractivity contribution in [1.82, 2.24) is 0 Å². The molecule has 0 fully saturated rings. The van der Waals surface area contributed by atoms with Crippen molar-refractivity contribution in [1.29, 1.82) is 0 Å². The van der Waals surface area contributed by atoms with Crippen molar-refractivity contribution < 1.29 is 44.4 Å². The Bertz CT molecular complexity index is 241. The summed E-state index contributed by atoms with van der Waals surface area (Å²) in [5.74, 6) is -2.07. The van der Waals surface area contributed by atoms with Gasteiger partial charge in [0.05, 0.1) is 0 Å². The molecule has 0 saturated heterocycles. The third kappa shape index (κ3) is 21.6. The first kappa shape index (κ1) is 22.0. The molecule has 11 heteroatoms. The summed E-state index contributed by atoms with van der Waals surface area (Å²) in [6.45, 7) is 0. The minimum absolute atomic E-state index is 0.0787. The molecule has 0 aliphatic carbocycles. The molecule has 0 spiro atoms. The van der Waals surface area contributed by atoms with Gasteiger partial charge < -0.3 is 21.7 Å². The van der Waals surface area contributed by atoms with E-state index in [1.165, 1.54) is 0 Å². The molecule has 17 heavy (non-hydrogen) atoms. The van der Waals surface area contributed by atoms with E-state index in [4.69, 9.17) is 28.7 Å². The molecule has 2 atom stereocenters. The molecule has 0 rings (SSSR count). The maximum absolute atomic E-state index is 9.69. The van der Waals surface area contributed by atoms with Crippen molar-refractivity contribution in [3.63, 3.8) is 0 Å². The standard InChI is InChI=1S/2C3H6NO2S.2O.Tc/c2*4-2(1-7)3(5)6;;;/h2*2,4,7H,1H2,(H,5,6);;;/q2*-1;;;+3/i;;;;1+1. The molecule has 0 heterocycles. The van der Waals surface area contributed by atoms with Crippen molar-refractivity contribution in [2.24, 2.45) is 0 Å². The Morgan fingerprint density at radius 2 is 1.18 bits per heavy atom. The van der Waals surface area contributed by atoms with Gasteiger partial charge in [-0.15, -0.1) is 0 Å². The van der Waals surface area contributed by atoms with Gasteiger partial charge in [0, 0.05) is 0 Å². The zero-order valence-electron chi connectivity index (χ0n) is 8.37. The molecule has 0 aliphatic rings. The Kier molecular flexibility index (Phi) is 20.5. The number of carboxylic acid groups (broad SMARTS) is 2. The van der Waals surface area contributed by atoms with Crippen molar-refractivity contribution in [3.8, 4) is 0 Å². The summed E-state index contributed by atoms with van der Waals surface area (Å²) in [4.78, 5) is 19.4. The fraction of sp³-hybridized carbons (Fsp3) is 0.667. The molecule has 0 aromatic carbocycles. The molecular weight excluding hydrogens is 359 g/mol. The van der Waals surface area contributed by atoms with Gasteiger partial charge in [-0.3, -0.25) is 9.59 Å². The van der Waals surface area contributed by atoms with E-state index in [1.807, 2.05) is 0 Å². The summed E-state index contributed by atoms with van der Waals surface area (Å²) < 4.78 is 17.0. The number of carbonyl (C=O) groups is 2. The number of carboxylic acids is 2. The molecule has 0 radical (unpaired) electrons. The second-order valence-corrected chi connectivity index (χ2v) is 3.25. The van der Waals surface area contributed by atoms with Crippen LogP contribution in [0.5, 0.6) is 0 Å². The van der Waals surface area contributed by atoms with Crippen molar-refractivity contribution >= 4 is 37.2 Å². The maximum atomic E-state index is 9.69. The molecule has 0 amide bonds. The third-order valence-corrected chi connectivity index (χ3v) is 1.69. The fourth-order valence-corrected chi connectivity index (χ4v) is 0.469. The quantitative estimate of drug-likeness (QED) is 0.530. The summed E-state index contributed by atoms with van der Waals surface area (Å²) in [6.07, 6.45) is 0. The Balaban J connectivity index is -0.000000188. The van der Waals surface area contributed by atoms with Gasteiger partial charge >= 0.3 is 24.6 Å². The number of nitrogens with one attached hydrogen (secondary N) is 2. The summed E-state index contributed by atoms with van der Waals surface area (Å²) in [6, 6.07) is -2.13. The van der Waals surface area contributed by atoms with Gasteiger partial charge in [-0.05, 0) is 23.6 Å². The monoisotopic (exact) mass is 371 g/mol. The summed E-state index contributed by atoms with van der Waals surface area (Å²) in [7, 11) is 0. The van der Waals surface area contributed by atoms with Gasteiger partial charge in [0.1, 0.15) is 0 Å². The molecule has 0 bridgehead atoms. The Morgan fingerprint density at radius 1 is 1.00 bits per heavy atom. The second-order valence-electron chi connectivity index (χ2n) is 2.21. The average molecular weight is 371 g/mol. The van der Waals surface area contributed by atoms with Crippen LogP contribution in [0.3, 0.4) is 0 Å². The number of rotatable bonds is 4. The predicted octanol–water partition coefficient (Wildman–Crippen LogP) is 0.603. The minimum atomic E-state index is -1.91. The first-order valence-electron chi connectivity index (χ1n) is 3.77. The van der Waals surface area contributed by atoms with Gasteiger partial charge in [0.15, 0.2) is 0 Å². The molecular formula is C6H12N2O6S2Tc+. The zero-order valence-corrected chi connectivity index (χ0v) is 12.0. The van der Waals surface area contributed by atoms with Gasteiger partial charge in [-0.25, -0.2) is 0 Å². The third-order valence-electron chi connectivity index (χ3n) is 0.961. The normalized spacial score (nSPS) is 11.5. The van der Waals surface area contributed by atoms with Crippen LogP contribution in [0.4, 0.5) is 0 Å². The molecule has 8 nitrogen and oxygen atoms in total. The van der Waals surface area contributed by atoms with Gasteiger partial charge in [0.2, 0.25) is 0 Å². The van der Waals surface area contributed by atoms with Crippen molar-refractivity contribution in [3.05, 3.63) is 11.5 Å². The molecule has 4 N–H and O–H groups in total. The Hall–Kier alpha value is -0.191. The average Bonchev–Trinajstić information content (AvgIpc) is 2.28. The van der Waals surface area contributed by atoms with E-state index < -0.39 is 41.6 Å². The number of hydrogen-bond donors (Lipinski definition) is 4. The summed E-state index contributed by atoms with van der Waals surface area (Å²) >= 11 is 5.26. The van der Waals surface area contributed by atoms with Gasteiger partial charge in [0.25, 0.3) is 11.9 Å². The first-order valence-corrected chi connectivity index (χ1v) is 6.55. The molecule has 0 saturated carbocycles. The van der Waals surface area contributed by atoms with E-state index in [9.17, 15) is 9.59 Å². The van der Waals surface area contributed by atoms with Crippen LogP contribution in [0.15, 0.2) is 0 Å². The fourth-order valence-electron chi connectivity index (χ4n) is 0.156. The topological polar surface area (TPSA) is 156 Å². The number of thiol groups is 2. The van der Waals surface area contributed by atoms with E-state index in [-0.39, 0.29) is 11.5 Å². The zero-order chi connectivity index (χ0) is 14.4. The van der Waals surface area contributed by atoms with E-state index in [0.29, 0.717) is 0 Å². The van der Waals surface area contributed by atoms with Crippen LogP contribution in [0, 0.1) is 0 Å². The molecule has 2 unspecified atom stereocenters. The van der Waals surface area contributed by atoms with E-state index in [0.717, 1.165) is 0 Å². The molecule has 100 valence electrons. The van der Waals surface area contributed by atoms with Crippen molar-refractivity contribution in [2.45, 2.75) is 12.1 Å². The van der Waals surface area contributed by atoms with Crippen LogP contribution in [0.2, 0.25) is 0 Å². The van der Waals surface area contributed by atoms with Crippen LogP contribution in [-0.4, -0.2) is 45.7 Å². The van der Waals surface area contributed by atoms with Gasteiger partial charge in [-0.1, -0.05) is 0 Å². The predicted molar refractivity (Wildman–Crippen MR) is 60.6 cm³/mol. The molecule has 0 aromatic heterocycles. The van der Waals surface area contributed by atoms with E-state index in [1.54, 1.807) is 0 Å². The SMILES string of the molecule is [NH-]C(CS)C(=O)O.[NH-]C(CS)C(=O)O.[O]=[99Tc+3]=[O]. The molecule has 0 aliphatic heterocycles. The summed E-state index contributed by atoms with van der Waals surface area (Å²) in [5.41, 5.74) is 13.2. The van der Waals surface area contributed by atoms with Crippen LogP contribution < -0.4 is 0 Å². The Labute approximate surface area is 116 Å². The summed E-state index contributed by atoms with van der Waals surface area (Å²) in [5, 5.41) is 15.9. The van der Waals surface area contributed by atoms with E-state index in [2.05, 4.69) is 25.3 Å². The van der Waals surface area contributed by atoms with Crippen LogP contribution in [0.25, 0.3) is 11.5 Å². The van der Waals surface area contributed by atoms with Gasteiger partial charge in [-0.2, -0.15) is 25.3 Å². The second kappa shape index (κ2) is 15.8. The number of hydrogen-bond acceptors (Lipinski definition) is 6. The van der Waals surface area contributed by atoms with Crippen LogP contribution in [-0.2, 0) is 34.2 Å². The van der Waals surface area contributed by atoms with Crippen LogP contribution >= 0.6 is 25.3 Å². The van der Waals surface area contributed by atoms with Crippen molar-refractivity contribution in [2.75, 3.05) is 11.5 Å². The van der Waals surface area contributed by atoms with Crippen LogP contribution in [0.1, 0.15) is 0 Å². The number of aliphatic carboxylic acids is 2. The Morgan fingerprint density at radius 3 is 1.18 bits per heavy atom. The molecule has 0 aromatic rings. The first-order chi connectivity index (χ1) is 7.78. The van der Waals surface area contributed by atoms with E-state index >= 15 is 0 Å².